The van der Waals surface area contributed by atoms with Crippen LogP contribution in [0.1, 0.15) is 42.0 Å². The van der Waals surface area contributed by atoms with Gasteiger partial charge < -0.3 is 9.73 Å². The Hall–Kier alpha value is -2.62. The Labute approximate surface area is 141 Å². The number of pyridine rings is 1. The summed E-state index contributed by atoms with van der Waals surface area (Å²) in [6.07, 6.45) is 5.46. The van der Waals surface area contributed by atoms with E-state index >= 15 is 0 Å². The van der Waals surface area contributed by atoms with Gasteiger partial charge in [0.2, 0.25) is 5.91 Å². The molecule has 0 aliphatic rings. The van der Waals surface area contributed by atoms with Crippen LogP contribution in [0.5, 0.6) is 0 Å². The largest absolute Gasteiger partial charge is 0.464 e. The molecule has 0 aliphatic carbocycles. The first-order chi connectivity index (χ1) is 11.5. The van der Waals surface area contributed by atoms with Crippen LogP contribution in [-0.4, -0.2) is 10.9 Å². The summed E-state index contributed by atoms with van der Waals surface area (Å²) in [6.45, 7) is 6.95. The molecule has 24 heavy (non-hydrogen) atoms. The van der Waals surface area contributed by atoms with Gasteiger partial charge in [-0.2, -0.15) is 0 Å². The van der Waals surface area contributed by atoms with Gasteiger partial charge in [-0.3, -0.25) is 9.78 Å². The van der Waals surface area contributed by atoms with E-state index in [4.69, 9.17) is 4.42 Å². The van der Waals surface area contributed by atoms with Crippen LogP contribution >= 0.6 is 0 Å². The SMILES string of the molecule is Cc1cc2occ(CC(=O)NCc3ccncc3)c2cc1C(C)C. The molecular formula is C20H22N2O2. The summed E-state index contributed by atoms with van der Waals surface area (Å²) >= 11 is 0. The second-order valence-corrected chi connectivity index (χ2v) is 6.43. The Morgan fingerprint density at radius 2 is 2.00 bits per heavy atom. The number of rotatable bonds is 5. The third-order valence-electron chi connectivity index (χ3n) is 4.25. The monoisotopic (exact) mass is 322 g/mol. The fourth-order valence-corrected chi connectivity index (χ4v) is 2.94. The number of amides is 1. The Bertz CT molecular complexity index is 851. The van der Waals surface area contributed by atoms with Gasteiger partial charge in [0, 0.05) is 29.9 Å². The molecule has 2 aromatic heterocycles. The van der Waals surface area contributed by atoms with Gasteiger partial charge in [-0.1, -0.05) is 13.8 Å². The Balaban J connectivity index is 1.75. The average molecular weight is 322 g/mol. The standard InChI is InChI=1S/C20H22N2O2/c1-13(2)17-10-18-16(12-24-19(18)8-14(17)3)9-20(23)22-11-15-4-6-21-7-5-15/h4-8,10,12-13H,9,11H2,1-3H3,(H,22,23). The van der Waals surface area contributed by atoms with Crippen LogP contribution in [0.3, 0.4) is 0 Å². The Morgan fingerprint density at radius 3 is 2.71 bits per heavy atom. The van der Waals surface area contributed by atoms with Crippen molar-refractivity contribution < 1.29 is 9.21 Å². The zero-order chi connectivity index (χ0) is 17.1. The van der Waals surface area contributed by atoms with E-state index in [-0.39, 0.29) is 5.91 Å². The highest BCUT2D eigenvalue weighted by atomic mass is 16.3. The Kier molecular flexibility index (Phi) is 4.65. The number of benzene rings is 1. The normalized spacial score (nSPS) is 11.2. The molecule has 3 aromatic rings. The summed E-state index contributed by atoms with van der Waals surface area (Å²) in [7, 11) is 0. The summed E-state index contributed by atoms with van der Waals surface area (Å²) in [6, 6.07) is 8.00. The maximum Gasteiger partial charge on any atom is 0.224 e. The number of nitrogens with one attached hydrogen (secondary N) is 1. The molecule has 4 heteroatoms. The number of aryl methyl sites for hydroxylation is 1. The van der Waals surface area contributed by atoms with Gasteiger partial charge in [-0.25, -0.2) is 0 Å². The fourth-order valence-electron chi connectivity index (χ4n) is 2.94. The molecule has 0 spiro atoms. The average Bonchev–Trinajstić information content (AvgIpc) is 2.94. The molecule has 2 heterocycles. The van der Waals surface area contributed by atoms with Crippen molar-refractivity contribution >= 4 is 16.9 Å². The summed E-state index contributed by atoms with van der Waals surface area (Å²) in [4.78, 5) is 16.2. The van der Waals surface area contributed by atoms with Gasteiger partial charge in [0.1, 0.15) is 5.58 Å². The molecule has 0 radical (unpaired) electrons. The molecule has 0 unspecified atom stereocenters. The maximum absolute atomic E-state index is 12.2. The molecule has 0 saturated heterocycles. The summed E-state index contributed by atoms with van der Waals surface area (Å²) in [5.74, 6) is 0.429. The minimum atomic E-state index is -0.0128. The van der Waals surface area contributed by atoms with Crippen LogP contribution in [-0.2, 0) is 17.8 Å². The molecule has 1 aromatic carbocycles. The number of hydrogen-bond donors (Lipinski definition) is 1. The number of carbonyl (C=O) groups excluding carboxylic acids is 1. The van der Waals surface area contributed by atoms with Crippen LogP contribution in [0.15, 0.2) is 47.3 Å². The number of aromatic nitrogens is 1. The lowest BCUT2D eigenvalue weighted by molar-refractivity contribution is -0.120. The van der Waals surface area contributed by atoms with E-state index in [1.807, 2.05) is 12.1 Å². The zero-order valence-electron chi connectivity index (χ0n) is 14.3. The lowest BCUT2D eigenvalue weighted by Gasteiger charge is -2.10. The van der Waals surface area contributed by atoms with E-state index in [1.54, 1.807) is 18.7 Å². The van der Waals surface area contributed by atoms with E-state index in [9.17, 15) is 4.79 Å². The molecule has 0 aliphatic heterocycles. The fraction of sp³-hybridized carbons (Fsp3) is 0.300. The lowest BCUT2D eigenvalue weighted by Crippen LogP contribution is -2.24. The minimum absolute atomic E-state index is 0.0128. The van der Waals surface area contributed by atoms with Crippen molar-refractivity contribution in [1.82, 2.24) is 10.3 Å². The first-order valence-corrected chi connectivity index (χ1v) is 8.21. The van der Waals surface area contributed by atoms with E-state index in [0.29, 0.717) is 18.9 Å². The van der Waals surface area contributed by atoms with Crippen LogP contribution in [0.2, 0.25) is 0 Å². The zero-order valence-corrected chi connectivity index (χ0v) is 14.3. The summed E-state index contributed by atoms with van der Waals surface area (Å²) in [5, 5.41) is 3.97. The van der Waals surface area contributed by atoms with Crippen molar-refractivity contribution in [3.8, 4) is 0 Å². The highest BCUT2D eigenvalue weighted by Crippen LogP contribution is 2.29. The van der Waals surface area contributed by atoms with Gasteiger partial charge in [-0.05, 0) is 53.8 Å². The van der Waals surface area contributed by atoms with E-state index in [2.05, 4.69) is 43.2 Å². The Morgan fingerprint density at radius 1 is 1.25 bits per heavy atom. The van der Waals surface area contributed by atoms with Crippen molar-refractivity contribution in [2.75, 3.05) is 0 Å². The molecule has 0 fully saturated rings. The molecule has 4 nitrogen and oxygen atoms in total. The highest BCUT2D eigenvalue weighted by molar-refractivity contribution is 5.88. The minimum Gasteiger partial charge on any atom is -0.464 e. The van der Waals surface area contributed by atoms with Crippen LogP contribution < -0.4 is 5.32 Å². The van der Waals surface area contributed by atoms with Gasteiger partial charge >= 0.3 is 0 Å². The van der Waals surface area contributed by atoms with E-state index in [1.165, 1.54) is 11.1 Å². The number of carbonyl (C=O) groups is 1. The number of nitrogens with zero attached hydrogens (tertiary/aromatic N) is 1. The van der Waals surface area contributed by atoms with E-state index in [0.717, 1.165) is 22.1 Å². The molecule has 0 saturated carbocycles. The van der Waals surface area contributed by atoms with Crippen molar-refractivity contribution in [1.29, 1.82) is 0 Å². The summed E-state index contributed by atoms with van der Waals surface area (Å²) in [5.41, 5.74) is 5.32. The molecular weight excluding hydrogens is 300 g/mol. The molecule has 0 bridgehead atoms. The molecule has 0 atom stereocenters. The first-order valence-electron chi connectivity index (χ1n) is 8.21. The number of hydrogen-bond acceptors (Lipinski definition) is 3. The number of furan rings is 1. The second-order valence-electron chi connectivity index (χ2n) is 6.43. The van der Waals surface area contributed by atoms with Gasteiger partial charge in [0.25, 0.3) is 0 Å². The molecule has 3 rings (SSSR count). The van der Waals surface area contributed by atoms with Gasteiger partial charge in [0.15, 0.2) is 0 Å². The summed E-state index contributed by atoms with van der Waals surface area (Å²) < 4.78 is 5.64. The van der Waals surface area contributed by atoms with Crippen molar-refractivity contribution in [2.24, 2.45) is 0 Å². The smallest absolute Gasteiger partial charge is 0.224 e. The van der Waals surface area contributed by atoms with Crippen LogP contribution in [0, 0.1) is 6.92 Å². The van der Waals surface area contributed by atoms with Crippen molar-refractivity contribution in [3.63, 3.8) is 0 Å². The molecule has 1 amide bonds. The van der Waals surface area contributed by atoms with Gasteiger partial charge in [-0.15, -0.1) is 0 Å². The topological polar surface area (TPSA) is 55.1 Å². The van der Waals surface area contributed by atoms with Crippen LogP contribution in [0.25, 0.3) is 11.0 Å². The maximum atomic E-state index is 12.2. The van der Waals surface area contributed by atoms with Crippen molar-refractivity contribution in [3.05, 3.63) is 65.2 Å². The molecule has 124 valence electrons. The molecule has 1 N–H and O–H groups in total. The second kappa shape index (κ2) is 6.87. The third-order valence-corrected chi connectivity index (χ3v) is 4.25. The third kappa shape index (κ3) is 3.48. The quantitative estimate of drug-likeness (QED) is 0.769. The predicted molar refractivity (Wildman–Crippen MR) is 94.8 cm³/mol. The highest BCUT2D eigenvalue weighted by Gasteiger charge is 2.13. The van der Waals surface area contributed by atoms with Crippen molar-refractivity contribution in [2.45, 2.75) is 39.7 Å². The predicted octanol–water partition coefficient (Wildman–Crippen LogP) is 4.12. The van der Waals surface area contributed by atoms with Crippen LogP contribution in [0.4, 0.5) is 0 Å². The lowest BCUT2D eigenvalue weighted by atomic mass is 9.95. The first kappa shape index (κ1) is 16.2. The van der Waals surface area contributed by atoms with E-state index < -0.39 is 0 Å². The van der Waals surface area contributed by atoms with Gasteiger partial charge in [0.05, 0.1) is 12.7 Å². The number of fused-ring (bicyclic) bond motifs is 1.